The van der Waals surface area contributed by atoms with Gasteiger partial charge in [-0.3, -0.25) is 14.9 Å². The molecule has 1 aliphatic carbocycles. The Labute approximate surface area is 168 Å². The number of nitriles is 1. The van der Waals surface area contributed by atoms with E-state index in [1.54, 1.807) is 0 Å². The largest absolute Gasteiger partial charge is 0.452 e. The van der Waals surface area contributed by atoms with Gasteiger partial charge in [-0.25, -0.2) is 4.79 Å². The molecule has 1 saturated carbocycles. The van der Waals surface area contributed by atoms with Crippen molar-refractivity contribution in [2.24, 2.45) is 0 Å². The normalized spacial score (nSPS) is 15.0. The van der Waals surface area contributed by atoms with Gasteiger partial charge in [-0.05, 0) is 25.0 Å². The number of hydrogen-bond donors (Lipinski definition) is 2. The van der Waals surface area contributed by atoms with E-state index in [1.807, 2.05) is 0 Å². The predicted octanol–water partition coefficient (Wildman–Crippen LogP) is 2.15. The lowest BCUT2D eigenvalue weighted by molar-refractivity contribution is -0.384. The standard InChI is InChI=1S/C19H24N4O6/c1-28-10-9-21-15-6-5-14(11-16(15)23(26)27)18(25)29-12-17(24)22-19(13-20)7-3-2-4-8-19/h5-6,11,21H,2-4,7-10,12H2,1H3,(H,22,24). The zero-order chi connectivity index (χ0) is 21.3. The molecular weight excluding hydrogens is 380 g/mol. The summed E-state index contributed by atoms with van der Waals surface area (Å²) in [5, 5.41) is 26.2. The third kappa shape index (κ3) is 6.15. The van der Waals surface area contributed by atoms with E-state index in [-0.39, 0.29) is 16.9 Å². The molecule has 1 fully saturated rings. The third-order valence-corrected chi connectivity index (χ3v) is 4.69. The summed E-state index contributed by atoms with van der Waals surface area (Å²) >= 11 is 0. The summed E-state index contributed by atoms with van der Waals surface area (Å²) in [5.41, 5.74) is -1.01. The summed E-state index contributed by atoms with van der Waals surface area (Å²) in [4.78, 5) is 35.0. The van der Waals surface area contributed by atoms with Gasteiger partial charge in [-0.15, -0.1) is 0 Å². The van der Waals surface area contributed by atoms with Gasteiger partial charge in [0.1, 0.15) is 11.2 Å². The molecule has 0 radical (unpaired) electrons. The Morgan fingerprint density at radius 2 is 2.03 bits per heavy atom. The van der Waals surface area contributed by atoms with Gasteiger partial charge in [0.15, 0.2) is 6.61 Å². The van der Waals surface area contributed by atoms with E-state index in [4.69, 9.17) is 9.47 Å². The molecule has 1 amide bonds. The first-order valence-corrected chi connectivity index (χ1v) is 9.31. The zero-order valence-corrected chi connectivity index (χ0v) is 16.2. The highest BCUT2D eigenvalue weighted by Gasteiger charge is 2.33. The second-order valence-corrected chi connectivity index (χ2v) is 6.79. The summed E-state index contributed by atoms with van der Waals surface area (Å²) in [6.07, 6.45) is 3.84. The second-order valence-electron chi connectivity index (χ2n) is 6.79. The van der Waals surface area contributed by atoms with Crippen LogP contribution in [0.15, 0.2) is 18.2 Å². The highest BCUT2D eigenvalue weighted by Crippen LogP contribution is 2.28. The molecule has 0 heterocycles. The Kier molecular flexibility index (Phi) is 7.91. The van der Waals surface area contributed by atoms with Crippen molar-refractivity contribution in [2.75, 3.05) is 32.2 Å². The Balaban J connectivity index is 1.97. The van der Waals surface area contributed by atoms with E-state index in [0.29, 0.717) is 26.0 Å². The number of amides is 1. The highest BCUT2D eigenvalue weighted by molar-refractivity contribution is 5.93. The monoisotopic (exact) mass is 404 g/mol. The van der Waals surface area contributed by atoms with Gasteiger partial charge >= 0.3 is 5.97 Å². The Hall–Kier alpha value is -3.19. The average molecular weight is 404 g/mol. The maximum Gasteiger partial charge on any atom is 0.338 e. The van der Waals surface area contributed by atoms with Gasteiger partial charge in [0.05, 0.1) is 23.2 Å². The predicted molar refractivity (Wildman–Crippen MR) is 103 cm³/mol. The summed E-state index contributed by atoms with van der Waals surface area (Å²) < 4.78 is 9.86. The minimum absolute atomic E-state index is 0.0468. The number of nitrogens with zero attached hydrogens (tertiary/aromatic N) is 2. The molecule has 0 spiro atoms. The van der Waals surface area contributed by atoms with Crippen molar-refractivity contribution >= 4 is 23.3 Å². The van der Waals surface area contributed by atoms with Gasteiger partial charge < -0.3 is 20.1 Å². The number of nitro benzene ring substituents is 1. The molecule has 29 heavy (non-hydrogen) atoms. The van der Waals surface area contributed by atoms with Crippen LogP contribution in [0.5, 0.6) is 0 Å². The summed E-state index contributed by atoms with van der Waals surface area (Å²) in [6.45, 7) is 0.159. The minimum atomic E-state index is -0.921. The zero-order valence-electron chi connectivity index (χ0n) is 16.2. The van der Waals surface area contributed by atoms with Crippen molar-refractivity contribution in [3.63, 3.8) is 0 Å². The number of nitro groups is 1. The number of nitrogens with one attached hydrogen (secondary N) is 2. The van der Waals surface area contributed by atoms with Crippen molar-refractivity contribution in [1.29, 1.82) is 5.26 Å². The van der Waals surface area contributed by atoms with Crippen LogP contribution in [-0.2, 0) is 14.3 Å². The number of rotatable bonds is 9. The van der Waals surface area contributed by atoms with Crippen LogP contribution in [-0.4, -0.2) is 49.2 Å². The fourth-order valence-electron chi connectivity index (χ4n) is 3.18. The molecule has 2 rings (SSSR count). The number of esters is 1. The molecule has 1 aromatic rings. The first-order chi connectivity index (χ1) is 13.9. The summed E-state index contributed by atoms with van der Waals surface area (Å²) in [5.74, 6) is -1.43. The van der Waals surface area contributed by atoms with E-state index < -0.39 is 28.9 Å². The lowest BCUT2D eigenvalue weighted by atomic mass is 9.83. The quantitative estimate of drug-likeness (QED) is 0.276. The van der Waals surface area contributed by atoms with Crippen LogP contribution in [0.1, 0.15) is 42.5 Å². The van der Waals surface area contributed by atoms with Crippen LogP contribution in [0.4, 0.5) is 11.4 Å². The molecule has 2 N–H and O–H groups in total. The van der Waals surface area contributed by atoms with Crippen molar-refractivity contribution in [3.8, 4) is 6.07 Å². The average Bonchev–Trinajstić information content (AvgIpc) is 2.73. The number of carbonyl (C=O) groups excluding carboxylic acids is 2. The first-order valence-electron chi connectivity index (χ1n) is 9.31. The summed E-state index contributed by atoms with van der Waals surface area (Å²) in [6, 6.07) is 6.02. The SMILES string of the molecule is COCCNc1ccc(C(=O)OCC(=O)NC2(C#N)CCCCC2)cc1[N+](=O)[O-]. The Bertz CT molecular complexity index is 798. The number of methoxy groups -OCH3 is 1. The molecule has 0 aromatic heterocycles. The van der Waals surface area contributed by atoms with Gasteiger partial charge in [0.2, 0.25) is 0 Å². The highest BCUT2D eigenvalue weighted by atomic mass is 16.6. The van der Waals surface area contributed by atoms with Crippen molar-refractivity contribution in [1.82, 2.24) is 5.32 Å². The third-order valence-electron chi connectivity index (χ3n) is 4.69. The Morgan fingerprint density at radius 3 is 2.66 bits per heavy atom. The second kappa shape index (κ2) is 10.4. The molecule has 10 heteroatoms. The topological polar surface area (TPSA) is 144 Å². The van der Waals surface area contributed by atoms with Crippen molar-refractivity contribution in [2.45, 2.75) is 37.6 Å². The van der Waals surface area contributed by atoms with Crippen LogP contribution in [0.3, 0.4) is 0 Å². The molecular formula is C19H24N4O6. The molecule has 0 saturated heterocycles. The van der Waals surface area contributed by atoms with Crippen LogP contribution < -0.4 is 10.6 Å². The molecule has 0 aliphatic heterocycles. The molecule has 0 bridgehead atoms. The molecule has 0 unspecified atom stereocenters. The summed E-state index contributed by atoms with van der Waals surface area (Å²) in [7, 11) is 1.51. The van der Waals surface area contributed by atoms with Crippen LogP contribution in [0, 0.1) is 21.4 Å². The van der Waals surface area contributed by atoms with Gasteiger partial charge in [0.25, 0.3) is 11.6 Å². The number of carbonyl (C=O) groups is 2. The lowest BCUT2D eigenvalue weighted by Crippen LogP contribution is -2.50. The Morgan fingerprint density at radius 1 is 1.31 bits per heavy atom. The number of ether oxygens (including phenoxy) is 2. The lowest BCUT2D eigenvalue weighted by Gasteiger charge is -2.31. The molecule has 0 atom stereocenters. The maximum absolute atomic E-state index is 12.2. The molecule has 10 nitrogen and oxygen atoms in total. The van der Waals surface area contributed by atoms with Crippen LogP contribution in [0.2, 0.25) is 0 Å². The fraction of sp³-hybridized carbons (Fsp3) is 0.526. The minimum Gasteiger partial charge on any atom is -0.452 e. The number of benzene rings is 1. The van der Waals surface area contributed by atoms with Gasteiger partial charge in [-0.2, -0.15) is 5.26 Å². The van der Waals surface area contributed by atoms with Crippen molar-refractivity contribution < 1.29 is 24.0 Å². The molecule has 1 aromatic carbocycles. The fourth-order valence-corrected chi connectivity index (χ4v) is 3.18. The number of anilines is 1. The van der Waals surface area contributed by atoms with E-state index >= 15 is 0 Å². The van der Waals surface area contributed by atoms with E-state index in [1.165, 1.54) is 19.2 Å². The molecule has 1 aliphatic rings. The van der Waals surface area contributed by atoms with Crippen LogP contribution in [0.25, 0.3) is 0 Å². The van der Waals surface area contributed by atoms with Crippen molar-refractivity contribution in [3.05, 3.63) is 33.9 Å². The first kappa shape index (κ1) is 22.1. The van der Waals surface area contributed by atoms with Gasteiger partial charge in [-0.1, -0.05) is 19.3 Å². The van der Waals surface area contributed by atoms with E-state index in [0.717, 1.165) is 25.3 Å². The van der Waals surface area contributed by atoms with E-state index in [2.05, 4.69) is 16.7 Å². The van der Waals surface area contributed by atoms with Crippen LogP contribution >= 0.6 is 0 Å². The van der Waals surface area contributed by atoms with E-state index in [9.17, 15) is 25.0 Å². The maximum atomic E-state index is 12.2. The van der Waals surface area contributed by atoms with Gasteiger partial charge in [0, 0.05) is 19.7 Å². The number of hydrogen-bond acceptors (Lipinski definition) is 8. The molecule has 156 valence electrons. The smallest absolute Gasteiger partial charge is 0.338 e.